The molecule has 7 unspecified atom stereocenters. The van der Waals surface area contributed by atoms with Gasteiger partial charge in [0, 0.05) is 12.6 Å². The number of rotatable bonds is 17. The Kier molecular flexibility index (Phi) is 13.9. The minimum Gasteiger partial charge on any atom is -0.355 e. The molecule has 0 bridgehead atoms. The Morgan fingerprint density at radius 3 is 2.07 bits per heavy atom. The Bertz CT molecular complexity index is 902. The van der Waals surface area contributed by atoms with Gasteiger partial charge in [-0.3, -0.25) is 0 Å². The number of nitrogens with two attached hydrogens (primary N) is 1. The van der Waals surface area contributed by atoms with Crippen LogP contribution >= 0.6 is 0 Å². The summed E-state index contributed by atoms with van der Waals surface area (Å²) in [7, 11) is 0. The van der Waals surface area contributed by atoms with E-state index in [2.05, 4.69) is 41.5 Å². The maximum Gasteiger partial charge on any atom is 0.147 e. The van der Waals surface area contributed by atoms with Crippen molar-refractivity contribution < 1.29 is 28.4 Å². The van der Waals surface area contributed by atoms with E-state index in [4.69, 9.17) is 34.2 Å². The second kappa shape index (κ2) is 16.6. The highest BCUT2D eigenvalue weighted by atomic mass is 16.7. The van der Waals surface area contributed by atoms with Gasteiger partial charge >= 0.3 is 0 Å². The molecule has 10 atom stereocenters. The van der Waals surface area contributed by atoms with Crippen LogP contribution in [0.2, 0.25) is 0 Å². The highest BCUT2D eigenvalue weighted by Gasteiger charge is 2.60. The Morgan fingerprint density at radius 2 is 1.37 bits per heavy atom. The number of fused-ring (bicyclic) bond motifs is 5. The number of hydrogen-bond donors (Lipinski definition) is 1. The van der Waals surface area contributed by atoms with E-state index in [1.807, 2.05) is 20.8 Å². The summed E-state index contributed by atoms with van der Waals surface area (Å²) >= 11 is 0. The van der Waals surface area contributed by atoms with Gasteiger partial charge in [-0.1, -0.05) is 20.8 Å². The quantitative estimate of drug-likeness (QED) is 0.124. The molecular formula is C39H73NO6. The monoisotopic (exact) mass is 652 g/mol. The first-order chi connectivity index (χ1) is 21.6. The highest BCUT2D eigenvalue weighted by Crippen LogP contribution is 2.68. The van der Waals surface area contributed by atoms with Crippen LogP contribution in [0, 0.1) is 46.3 Å². The third-order valence-corrected chi connectivity index (χ3v) is 12.8. The Hall–Kier alpha value is -0.280. The third kappa shape index (κ3) is 10.4. The van der Waals surface area contributed by atoms with Crippen molar-refractivity contribution in [1.82, 2.24) is 0 Å². The van der Waals surface area contributed by atoms with E-state index in [0.717, 1.165) is 61.4 Å². The summed E-state index contributed by atoms with van der Waals surface area (Å²) < 4.78 is 34.8. The third-order valence-electron chi connectivity index (χ3n) is 12.8. The van der Waals surface area contributed by atoms with Crippen molar-refractivity contribution in [2.45, 2.75) is 163 Å². The Balaban J connectivity index is 1.16. The van der Waals surface area contributed by atoms with Crippen LogP contribution in [0.5, 0.6) is 0 Å². The standard InChI is InChI=1S/C39H73NO6/c1-28(11-10-21-41-26-45-36(2,3)4)33-14-15-34-32-13-12-29-23-31(16-19-38(29,8)35(32)17-20-39(33,34)9)44-25-43-24-30(40)18-22-42-27-46-37(5,6)7/h28-35H,10-27,40H2,1-9H3/t28-,29?,30+,31?,32?,33?,34?,35+,38?,39?/m1/s1. The summed E-state index contributed by atoms with van der Waals surface area (Å²) in [6.07, 6.45) is 15.7. The molecule has 0 radical (unpaired) electrons. The maximum absolute atomic E-state index is 6.29. The molecule has 0 aliphatic heterocycles. The second-order valence-corrected chi connectivity index (χ2v) is 18.2. The molecule has 0 amide bonds. The summed E-state index contributed by atoms with van der Waals surface area (Å²) in [6, 6.07) is -0.0502. The summed E-state index contributed by atoms with van der Waals surface area (Å²) in [5, 5.41) is 0. The molecule has 7 nitrogen and oxygen atoms in total. The van der Waals surface area contributed by atoms with Crippen LogP contribution in [0.25, 0.3) is 0 Å². The minimum absolute atomic E-state index is 0.0502. The van der Waals surface area contributed by atoms with Crippen LogP contribution in [0.3, 0.4) is 0 Å². The van der Waals surface area contributed by atoms with Crippen LogP contribution in [-0.4, -0.2) is 63.5 Å². The molecule has 0 saturated heterocycles. The zero-order valence-corrected chi connectivity index (χ0v) is 31.4. The smallest absolute Gasteiger partial charge is 0.147 e. The van der Waals surface area contributed by atoms with E-state index in [9.17, 15) is 0 Å². The lowest BCUT2D eigenvalue weighted by molar-refractivity contribution is -0.159. The van der Waals surface area contributed by atoms with Gasteiger partial charge in [0.1, 0.15) is 20.4 Å². The van der Waals surface area contributed by atoms with Gasteiger partial charge in [-0.25, -0.2) is 0 Å². The van der Waals surface area contributed by atoms with Crippen molar-refractivity contribution in [3.05, 3.63) is 0 Å². The van der Waals surface area contributed by atoms with Crippen molar-refractivity contribution in [3.8, 4) is 0 Å². The minimum atomic E-state index is -0.187. The predicted octanol–water partition coefficient (Wildman–Crippen LogP) is 8.72. The largest absolute Gasteiger partial charge is 0.355 e. The fourth-order valence-corrected chi connectivity index (χ4v) is 10.3. The molecule has 2 N–H and O–H groups in total. The van der Waals surface area contributed by atoms with Crippen LogP contribution < -0.4 is 5.73 Å². The molecule has 0 aromatic rings. The molecule has 4 rings (SSSR count). The number of ether oxygens (including phenoxy) is 6. The molecule has 7 heteroatoms. The van der Waals surface area contributed by atoms with Crippen molar-refractivity contribution in [2.24, 2.45) is 52.1 Å². The molecule has 46 heavy (non-hydrogen) atoms. The molecule has 4 aliphatic carbocycles. The van der Waals surface area contributed by atoms with E-state index in [1.54, 1.807) is 0 Å². The van der Waals surface area contributed by atoms with Crippen molar-refractivity contribution >= 4 is 0 Å². The zero-order valence-electron chi connectivity index (χ0n) is 31.4. The lowest BCUT2D eigenvalue weighted by atomic mass is 9.44. The summed E-state index contributed by atoms with van der Waals surface area (Å²) in [4.78, 5) is 0. The molecule has 0 heterocycles. The average molecular weight is 652 g/mol. The summed E-state index contributed by atoms with van der Waals surface area (Å²) in [5.41, 5.74) is 6.91. The Morgan fingerprint density at radius 1 is 0.717 bits per heavy atom. The first-order valence-electron chi connectivity index (χ1n) is 19.0. The summed E-state index contributed by atoms with van der Waals surface area (Å²) in [6.45, 7) is 23.1. The molecular weight excluding hydrogens is 578 g/mol. The SMILES string of the molecule is C[C@H](CCCOCOC(C)(C)C)C1CCC2C3CCC4CC(OCOC[C@@H](N)CCOCOC(C)(C)C)CCC4(C)[C@H]3CCC21C. The fraction of sp³-hybridized carbons (Fsp3) is 1.00. The van der Waals surface area contributed by atoms with Crippen LogP contribution in [0.1, 0.15) is 139 Å². The van der Waals surface area contributed by atoms with Crippen molar-refractivity contribution in [1.29, 1.82) is 0 Å². The van der Waals surface area contributed by atoms with E-state index >= 15 is 0 Å². The van der Waals surface area contributed by atoms with E-state index < -0.39 is 0 Å². The van der Waals surface area contributed by atoms with Gasteiger partial charge < -0.3 is 34.2 Å². The highest BCUT2D eigenvalue weighted by molar-refractivity contribution is 5.09. The fourth-order valence-electron chi connectivity index (χ4n) is 10.3. The molecule has 0 aromatic heterocycles. The predicted molar refractivity (Wildman–Crippen MR) is 185 cm³/mol. The van der Waals surface area contributed by atoms with Gasteiger partial charge in [0.2, 0.25) is 0 Å². The molecule has 4 fully saturated rings. The van der Waals surface area contributed by atoms with E-state index in [0.29, 0.717) is 50.5 Å². The topological polar surface area (TPSA) is 81.4 Å². The molecule has 4 saturated carbocycles. The number of hydrogen-bond acceptors (Lipinski definition) is 7. The lowest BCUT2D eigenvalue weighted by Crippen LogP contribution is -2.54. The average Bonchev–Trinajstić information content (AvgIpc) is 3.33. The lowest BCUT2D eigenvalue weighted by Gasteiger charge is -2.61. The zero-order chi connectivity index (χ0) is 33.6. The van der Waals surface area contributed by atoms with Gasteiger partial charge in [0.25, 0.3) is 0 Å². The molecule has 0 aromatic carbocycles. The van der Waals surface area contributed by atoms with Gasteiger partial charge in [0.05, 0.1) is 30.5 Å². The van der Waals surface area contributed by atoms with Crippen LogP contribution in [0.15, 0.2) is 0 Å². The normalized spacial score (nSPS) is 36.1. The second-order valence-electron chi connectivity index (χ2n) is 18.2. The van der Waals surface area contributed by atoms with Gasteiger partial charge in [-0.2, -0.15) is 0 Å². The van der Waals surface area contributed by atoms with Gasteiger partial charge in [-0.05, 0) is 165 Å². The maximum atomic E-state index is 6.29. The summed E-state index contributed by atoms with van der Waals surface area (Å²) in [5.74, 6) is 5.14. The van der Waals surface area contributed by atoms with Crippen molar-refractivity contribution in [3.63, 3.8) is 0 Å². The Labute approximate surface area is 283 Å². The van der Waals surface area contributed by atoms with E-state index in [-0.39, 0.29) is 17.2 Å². The van der Waals surface area contributed by atoms with Crippen LogP contribution in [0.4, 0.5) is 0 Å². The van der Waals surface area contributed by atoms with E-state index in [1.165, 1.54) is 57.8 Å². The van der Waals surface area contributed by atoms with Crippen molar-refractivity contribution in [2.75, 3.05) is 40.2 Å². The van der Waals surface area contributed by atoms with Crippen LogP contribution in [-0.2, 0) is 28.4 Å². The molecule has 270 valence electrons. The van der Waals surface area contributed by atoms with Gasteiger partial charge in [0.15, 0.2) is 0 Å². The van der Waals surface area contributed by atoms with Gasteiger partial charge in [-0.15, -0.1) is 0 Å². The first-order valence-corrected chi connectivity index (χ1v) is 19.0. The molecule has 4 aliphatic rings. The molecule has 0 spiro atoms. The first kappa shape index (κ1) is 38.5.